The number of aliphatic hydroxyl groups is 1. The number of carboxylic acids is 1. The molecule has 1 heterocycles. The van der Waals surface area contributed by atoms with Crippen molar-refractivity contribution in [2.45, 2.75) is 39.2 Å². The van der Waals surface area contributed by atoms with Crippen LogP contribution in [0.1, 0.15) is 33.6 Å². The molecule has 0 radical (unpaired) electrons. The third-order valence-electron chi connectivity index (χ3n) is 3.68. The molecular formula is C13H24N2O4. The van der Waals surface area contributed by atoms with Gasteiger partial charge in [-0.05, 0) is 26.7 Å². The zero-order valence-electron chi connectivity index (χ0n) is 11.9. The summed E-state index contributed by atoms with van der Waals surface area (Å²) in [5.74, 6) is -1.47. The first kappa shape index (κ1) is 15.8. The van der Waals surface area contributed by atoms with Gasteiger partial charge in [-0.1, -0.05) is 6.92 Å². The SMILES string of the molecule is CCN(CC(C)C(=O)O)C(=O)N1CCC(C)(O)CC1. The molecule has 6 nitrogen and oxygen atoms in total. The van der Waals surface area contributed by atoms with Crippen LogP contribution in [0, 0.1) is 5.92 Å². The molecule has 1 rings (SSSR count). The van der Waals surface area contributed by atoms with Gasteiger partial charge >= 0.3 is 12.0 Å². The zero-order valence-corrected chi connectivity index (χ0v) is 11.9. The summed E-state index contributed by atoms with van der Waals surface area (Å²) in [7, 11) is 0. The zero-order chi connectivity index (χ0) is 14.6. The number of carboxylic acid groups (broad SMARTS) is 1. The van der Waals surface area contributed by atoms with Crippen LogP contribution in [0.25, 0.3) is 0 Å². The van der Waals surface area contributed by atoms with Gasteiger partial charge in [-0.25, -0.2) is 4.79 Å². The monoisotopic (exact) mass is 272 g/mol. The van der Waals surface area contributed by atoms with Gasteiger partial charge in [0.1, 0.15) is 0 Å². The van der Waals surface area contributed by atoms with Crippen molar-refractivity contribution in [3.8, 4) is 0 Å². The summed E-state index contributed by atoms with van der Waals surface area (Å²) in [5.41, 5.74) is -0.692. The van der Waals surface area contributed by atoms with E-state index in [0.717, 1.165) is 0 Å². The number of aliphatic carboxylic acids is 1. The fraction of sp³-hybridized carbons (Fsp3) is 0.846. The molecule has 1 unspecified atom stereocenters. The van der Waals surface area contributed by atoms with Crippen molar-refractivity contribution in [2.24, 2.45) is 5.92 Å². The van der Waals surface area contributed by atoms with E-state index in [-0.39, 0.29) is 12.6 Å². The predicted molar refractivity (Wildman–Crippen MR) is 70.9 cm³/mol. The number of hydrogen-bond acceptors (Lipinski definition) is 3. The summed E-state index contributed by atoms with van der Waals surface area (Å²) in [5, 5.41) is 18.8. The van der Waals surface area contributed by atoms with E-state index in [1.165, 1.54) is 0 Å². The number of piperidine rings is 1. The Morgan fingerprint density at radius 2 is 1.89 bits per heavy atom. The maximum absolute atomic E-state index is 12.3. The van der Waals surface area contributed by atoms with Crippen LogP contribution in [-0.2, 0) is 4.79 Å². The summed E-state index contributed by atoms with van der Waals surface area (Å²) >= 11 is 0. The average molecular weight is 272 g/mol. The number of amides is 2. The molecule has 0 aliphatic carbocycles. The van der Waals surface area contributed by atoms with Gasteiger partial charge in [-0.15, -0.1) is 0 Å². The highest BCUT2D eigenvalue weighted by atomic mass is 16.4. The summed E-state index contributed by atoms with van der Waals surface area (Å²) in [6, 6.07) is -0.133. The molecule has 19 heavy (non-hydrogen) atoms. The number of rotatable bonds is 4. The molecule has 0 aromatic rings. The van der Waals surface area contributed by atoms with Gasteiger partial charge < -0.3 is 20.0 Å². The minimum atomic E-state index is -0.896. The molecule has 2 amide bonds. The summed E-state index contributed by atoms with van der Waals surface area (Å²) in [6.07, 6.45) is 1.12. The fourth-order valence-corrected chi connectivity index (χ4v) is 2.13. The van der Waals surface area contributed by atoms with Crippen molar-refractivity contribution in [3.05, 3.63) is 0 Å². The fourth-order valence-electron chi connectivity index (χ4n) is 2.13. The number of carbonyl (C=O) groups excluding carboxylic acids is 1. The van der Waals surface area contributed by atoms with Crippen molar-refractivity contribution < 1.29 is 19.8 Å². The van der Waals surface area contributed by atoms with E-state index in [2.05, 4.69) is 0 Å². The number of likely N-dealkylation sites (tertiary alicyclic amines) is 1. The second kappa shape index (κ2) is 6.23. The Labute approximate surface area is 114 Å². The quantitative estimate of drug-likeness (QED) is 0.800. The molecule has 110 valence electrons. The van der Waals surface area contributed by atoms with Gasteiger partial charge in [-0.2, -0.15) is 0 Å². The molecule has 1 saturated heterocycles. The standard InChI is InChI=1S/C13H24N2O4/c1-4-14(9-10(2)11(16)17)12(18)15-7-5-13(3,19)6-8-15/h10,19H,4-9H2,1-3H3,(H,16,17). The predicted octanol–water partition coefficient (Wildman–Crippen LogP) is 0.996. The Hall–Kier alpha value is -1.30. The normalized spacial score (nSPS) is 19.9. The Bertz CT molecular complexity index is 334. The minimum absolute atomic E-state index is 0.133. The van der Waals surface area contributed by atoms with Gasteiger partial charge in [0.25, 0.3) is 0 Å². The van der Waals surface area contributed by atoms with E-state index < -0.39 is 17.5 Å². The Kier molecular flexibility index (Phi) is 5.17. The molecule has 0 aromatic carbocycles. The van der Waals surface area contributed by atoms with Crippen LogP contribution in [0.15, 0.2) is 0 Å². The highest BCUT2D eigenvalue weighted by Gasteiger charge is 2.31. The first-order valence-corrected chi connectivity index (χ1v) is 6.76. The highest BCUT2D eigenvalue weighted by Crippen LogP contribution is 2.22. The minimum Gasteiger partial charge on any atom is -0.481 e. The van der Waals surface area contributed by atoms with Gasteiger partial charge in [0.05, 0.1) is 11.5 Å². The second-order valence-electron chi connectivity index (χ2n) is 5.54. The lowest BCUT2D eigenvalue weighted by Crippen LogP contribution is -2.51. The molecule has 0 bridgehead atoms. The van der Waals surface area contributed by atoms with Crippen LogP contribution in [0.5, 0.6) is 0 Å². The van der Waals surface area contributed by atoms with Crippen LogP contribution in [-0.4, -0.2) is 63.8 Å². The molecule has 1 fully saturated rings. The van der Waals surface area contributed by atoms with Gasteiger partial charge in [0.2, 0.25) is 0 Å². The molecule has 6 heteroatoms. The lowest BCUT2D eigenvalue weighted by Gasteiger charge is -2.38. The summed E-state index contributed by atoms with van der Waals surface area (Å²) in [4.78, 5) is 26.4. The van der Waals surface area contributed by atoms with E-state index in [0.29, 0.717) is 32.5 Å². The van der Waals surface area contributed by atoms with Gasteiger partial charge in [0.15, 0.2) is 0 Å². The molecular weight excluding hydrogens is 248 g/mol. The lowest BCUT2D eigenvalue weighted by molar-refractivity contribution is -0.141. The maximum atomic E-state index is 12.3. The van der Waals surface area contributed by atoms with Crippen LogP contribution in [0.4, 0.5) is 4.79 Å². The number of carbonyl (C=O) groups is 2. The van der Waals surface area contributed by atoms with E-state index in [1.807, 2.05) is 6.92 Å². The second-order valence-corrected chi connectivity index (χ2v) is 5.54. The number of hydrogen-bond donors (Lipinski definition) is 2. The molecule has 0 spiro atoms. The smallest absolute Gasteiger partial charge is 0.320 e. The molecule has 1 aliphatic rings. The third-order valence-corrected chi connectivity index (χ3v) is 3.68. The number of nitrogens with zero attached hydrogens (tertiary/aromatic N) is 2. The van der Waals surface area contributed by atoms with Crippen molar-refractivity contribution >= 4 is 12.0 Å². The van der Waals surface area contributed by atoms with Crippen LogP contribution < -0.4 is 0 Å². The Balaban J connectivity index is 2.57. The number of urea groups is 1. The molecule has 0 saturated carbocycles. The molecule has 1 atom stereocenters. The molecule has 1 aliphatic heterocycles. The average Bonchev–Trinajstić information content (AvgIpc) is 2.34. The Morgan fingerprint density at radius 1 is 1.37 bits per heavy atom. The third kappa shape index (κ3) is 4.38. The Morgan fingerprint density at radius 3 is 2.32 bits per heavy atom. The van der Waals surface area contributed by atoms with E-state index in [4.69, 9.17) is 5.11 Å². The van der Waals surface area contributed by atoms with Crippen LogP contribution in [0.3, 0.4) is 0 Å². The summed E-state index contributed by atoms with van der Waals surface area (Å²) < 4.78 is 0. The van der Waals surface area contributed by atoms with E-state index >= 15 is 0 Å². The lowest BCUT2D eigenvalue weighted by atomic mass is 9.94. The molecule has 2 N–H and O–H groups in total. The van der Waals surface area contributed by atoms with Crippen molar-refractivity contribution in [1.82, 2.24) is 9.80 Å². The topological polar surface area (TPSA) is 81.1 Å². The van der Waals surface area contributed by atoms with Crippen LogP contribution in [0.2, 0.25) is 0 Å². The first-order chi connectivity index (χ1) is 8.76. The van der Waals surface area contributed by atoms with Gasteiger partial charge in [0, 0.05) is 26.2 Å². The van der Waals surface area contributed by atoms with Gasteiger partial charge in [-0.3, -0.25) is 4.79 Å². The highest BCUT2D eigenvalue weighted by molar-refractivity contribution is 5.76. The van der Waals surface area contributed by atoms with Crippen molar-refractivity contribution in [2.75, 3.05) is 26.2 Å². The maximum Gasteiger partial charge on any atom is 0.320 e. The van der Waals surface area contributed by atoms with Crippen molar-refractivity contribution in [1.29, 1.82) is 0 Å². The van der Waals surface area contributed by atoms with E-state index in [1.54, 1.807) is 23.6 Å². The first-order valence-electron chi connectivity index (χ1n) is 6.76. The van der Waals surface area contributed by atoms with Crippen LogP contribution >= 0.6 is 0 Å². The van der Waals surface area contributed by atoms with Crippen molar-refractivity contribution in [3.63, 3.8) is 0 Å². The molecule has 0 aromatic heterocycles. The van der Waals surface area contributed by atoms with E-state index in [9.17, 15) is 14.7 Å². The summed E-state index contributed by atoms with van der Waals surface area (Å²) in [6.45, 7) is 6.96. The largest absolute Gasteiger partial charge is 0.481 e.